The Kier molecular flexibility index (Phi) is 5.41. The second kappa shape index (κ2) is 7.29. The zero-order valence-electron chi connectivity index (χ0n) is 13.0. The van der Waals surface area contributed by atoms with E-state index in [1.54, 1.807) is 6.92 Å². The Bertz CT molecular complexity index is 526. The number of benzene rings is 1. The van der Waals surface area contributed by atoms with Crippen LogP contribution in [0.1, 0.15) is 49.9 Å². The van der Waals surface area contributed by atoms with Crippen molar-refractivity contribution in [1.29, 1.82) is 0 Å². The highest BCUT2D eigenvalue weighted by Gasteiger charge is 2.26. The van der Waals surface area contributed by atoms with E-state index in [9.17, 15) is 14.7 Å². The molecule has 0 heterocycles. The molecular formula is C17H23NO4. The zero-order valence-corrected chi connectivity index (χ0v) is 13.0. The number of aromatic hydroxyl groups is 1. The van der Waals surface area contributed by atoms with Crippen LogP contribution in [0.25, 0.3) is 0 Å². The third-order valence-corrected chi connectivity index (χ3v) is 4.20. The molecule has 3 atom stereocenters. The molecule has 1 amide bonds. The average molecular weight is 305 g/mol. The molecule has 1 aromatic rings. The van der Waals surface area contributed by atoms with E-state index in [0.29, 0.717) is 11.5 Å². The number of amides is 1. The summed E-state index contributed by atoms with van der Waals surface area (Å²) in [6, 6.07) is 5.91. The van der Waals surface area contributed by atoms with Gasteiger partial charge in [-0.05, 0) is 49.9 Å². The highest BCUT2D eigenvalue weighted by atomic mass is 16.5. The van der Waals surface area contributed by atoms with Crippen LogP contribution in [-0.2, 0) is 9.53 Å². The zero-order chi connectivity index (χ0) is 16.1. The van der Waals surface area contributed by atoms with Gasteiger partial charge in [0.15, 0.2) is 6.10 Å². The van der Waals surface area contributed by atoms with Crippen LogP contribution in [0.5, 0.6) is 5.75 Å². The van der Waals surface area contributed by atoms with Crippen molar-refractivity contribution in [2.45, 2.75) is 51.7 Å². The topological polar surface area (TPSA) is 75.6 Å². The van der Waals surface area contributed by atoms with Crippen molar-refractivity contribution >= 4 is 11.9 Å². The van der Waals surface area contributed by atoms with Crippen molar-refractivity contribution in [3.8, 4) is 5.75 Å². The van der Waals surface area contributed by atoms with Crippen LogP contribution in [0, 0.1) is 5.92 Å². The Labute approximate surface area is 130 Å². The molecule has 0 aromatic heterocycles. The fourth-order valence-corrected chi connectivity index (χ4v) is 2.71. The van der Waals surface area contributed by atoms with Gasteiger partial charge < -0.3 is 15.2 Å². The normalized spacial score (nSPS) is 22.6. The second-order valence-corrected chi connectivity index (χ2v) is 5.97. The minimum atomic E-state index is -0.838. The number of carbonyl (C=O) groups is 2. The Morgan fingerprint density at radius 1 is 1.23 bits per heavy atom. The molecule has 120 valence electrons. The number of nitrogens with one attached hydrogen (secondary N) is 1. The van der Waals surface area contributed by atoms with Gasteiger partial charge in [-0.2, -0.15) is 0 Å². The molecule has 1 aliphatic rings. The quantitative estimate of drug-likeness (QED) is 0.839. The summed E-state index contributed by atoms with van der Waals surface area (Å²) in [6.07, 6.45) is 3.59. The molecule has 1 aliphatic carbocycles. The van der Waals surface area contributed by atoms with E-state index in [1.165, 1.54) is 30.7 Å². The average Bonchev–Trinajstić information content (AvgIpc) is 2.50. The Balaban J connectivity index is 1.87. The van der Waals surface area contributed by atoms with Crippen molar-refractivity contribution in [1.82, 2.24) is 5.32 Å². The van der Waals surface area contributed by atoms with Crippen molar-refractivity contribution in [2.75, 3.05) is 0 Å². The van der Waals surface area contributed by atoms with Crippen molar-refractivity contribution < 1.29 is 19.4 Å². The lowest BCUT2D eigenvalue weighted by Gasteiger charge is -2.30. The van der Waals surface area contributed by atoms with Gasteiger partial charge in [0.25, 0.3) is 5.91 Å². The monoisotopic (exact) mass is 305 g/mol. The van der Waals surface area contributed by atoms with Gasteiger partial charge in [-0.15, -0.1) is 0 Å². The number of hydrogen-bond acceptors (Lipinski definition) is 4. The molecule has 5 nitrogen and oxygen atoms in total. The molecule has 0 radical (unpaired) electrons. The van der Waals surface area contributed by atoms with Gasteiger partial charge in [-0.1, -0.05) is 19.8 Å². The summed E-state index contributed by atoms with van der Waals surface area (Å²) >= 11 is 0. The Morgan fingerprint density at radius 3 is 2.50 bits per heavy atom. The van der Waals surface area contributed by atoms with E-state index < -0.39 is 12.1 Å². The fraction of sp³-hybridized carbons (Fsp3) is 0.529. The molecular weight excluding hydrogens is 282 g/mol. The molecule has 5 heteroatoms. The summed E-state index contributed by atoms with van der Waals surface area (Å²) in [7, 11) is 0. The largest absolute Gasteiger partial charge is 0.508 e. The maximum atomic E-state index is 12.1. The summed E-state index contributed by atoms with van der Waals surface area (Å²) in [5.74, 6) is -0.295. The van der Waals surface area contributed by atoms with Gasteiger partial charge >= 0.3 is 5.97 Å². The first-order chi connectivity index (χ1) is 10.5. The van der Waals surface area contributed by atoms with Gasteiger partial charge in [0, 0.05) is 6.04 Å². The number of ether oxygens (including phenoxy) is 1. The lowest BCUT2D eigenvalue weighted by molar-refractivity contribution is -0.130. The van der Waals surface area contributed by atoms with E-state index in [1.807, 2.05) is 0 Å². The third-order valence-electron chi connectivity index (χ3n) is 4.20. The van der Waals surface area contributed by atoms with Gasteiger partial charge in [0.05, 0.1) is 5.56 Å². The second-order valence-electron chi connectivity index (χ2n) is 5.97. The SMILES string of the molecule is C[C@@H](OC(=O)c1ccc(O)cc1)C(=O)N[C@@H]1CCCC[C@@H]1C. The summed E-state index contributed by atoms with van der Waals surface area (Å²) in [5.41, 5.74) is 0.309. The smallest absolute Gasteiger partial charge is 0.338 e. The Hall–Kier alpha value is -2.04. The van der Waals surface area contributed by atoms with E-state index in [0.717, 1.165) is 19.3 Å². The molecule has 0 saturated heterocycles. The number of esters is 1. The maximum Gasteiger partial charge on any atom is 0.338 e. The summed E-state index contributed by atoms with van der Waals surface area (Å²) in [6.45, 7) is 3.71. The number of hydrogen-bond donors (Lipinski definition) is 2. The van der Waals surface area contributed by atoms with Crippen LogP contribution in [-0.4, -0.2) is 29.1 Å². The first-order valence-electron chi connectivity index (χ1n) is 7.77. The lowest BCUT2D eigenvalue weighted by Crippen LogP contribution is -2.45. The van der Waals surface area contributed by atoms with Gasteiger partial charge in [0.1, 0.15) is 5.75 Å². The minimum Gasteiger partial charge on any atom is -0.508 e. The molecule has 0 aliphatic heterocycles. The summed E-state index contributed by atoms with van der Waals surface area (Å²) in [4.78, 5) is 24.1. The van der Waals surface area contributed by atoms with Gasteiger partial charge in [0.2, 0.25) is 0 Å². The van der Waals surface area contributed by atoms with Crippen molar-refractivity contribution in [2.24, 2.45) is 5.92 Å². The first kappa shape index (κ1) is 16.3. The first-order valence-corrected chi connectivity index (χ1v) is 7.77. The van der Waals surface area contributed by atoms with E-state index >= 15 is 0 Å². The molecule has 2 rings (SSSR count). The van der Waals surface area contributed by atoms with Crippen LogP contribution < -0.4 is 5.32 Å². The van der Waals surface area contributed by atoms with Crippen LogP contribution in [0.15, 0.2) is 24.3 Å². The minimum absolute atomic E-state index is 0.0774. The van der Waals surface area contributed by atoms with E-state index in [4.69, 9.17) is 4.74 Å². The number of phenolic OH excluding ortho intramolecular Hbond substituents is 1. The van der Waals surface area contributed by atoms with Crippen molar-refractivity contribution in [3.63, 3.8) is 0 Å². The van der Waals surface area contributed by atoms with Crippen LogP contribution in [0.4, 0.5) is 0 Å². The highest BCUT2D eigenvalue weighted by Crippen LogP contribution is 2.23. The van der Waals surface area contributed by atoms with Crippen LogP contribution in [0.3, 0.4) is 0 Å². The molecule has 1 saturated carbocycles. The van der Waals surface area contributed by atoms with E-state index in [2.05, 4.69) is 12.2 Å². The molecule has 0 bridgehead atoms. The number of phenols is 1. The highest BCUT2D eigenvalue weighted by molar-refractivity contribution is 5.92. The number of carbonyl (C=O) groups excluding carboxylic acids is 2. The molecule has 1 fully saturated rings. The fourth-order valence-electron chi connectivity index (χ4n) is 2.71. The lowest BCUT2D eigenvalue weighted by atomic mass is 9.86. The van der Waals surface area contributed by atoms with Crippen LogP contribution in [0.2, 0.25) is 0 Å². The predicted molar refractivity (Wildman–Crippen MR) is 82.5 cm³/mol. The molecule has 0 unspecified atom stereocenters. The maximum absolute atomic E-state index is 12.1. The van der Waals surface area contributed by atoms with E-state index in [-0.39, 0.29) is 17.7 Å². The number of rotatable bonds is 4. The molecule has 1 aromatic carbocycles. The van der Waals surface area contributed by atoms with Crippen molar-refractivity contribution in [3.05, 3.63) is 29.8 Å². The summed E-state index contributed by atoms with van der Waals surface area (Å²) in [5, 5.41) is 12.2. The Morgan fingerprint density at radius 2 is 1.86 bits per heavy atom. The van der Waals surface area contributed by atoms with Gasteiger partial charge in [-0.3, -0.25) is 4.79 Å². The molecule has 0 spiro atoms. The summed E-state index contributed by atoms with van der Waals surface area (Å²) < 4.78 is 5.18. The third kappa shape index (κ3) is 4.23. The predicted octanol–water partition coefficient (Wildman–Crippen LogP) is 2.63. The molecule has 22 heavy (non-hydrogen) atoms. The standard InChI is InChI=1S/C17H23NO4/c1-11-5-3-4-6-15(11)18-16(20)12(2)22-17(21)13-7-9-14(19)10-8-13/h7-12,15,19H,3-6H2,1-2H3,(H,18,20)/t11-,12+,15+/m0/s1. The van der Waals surface area contributed by atoms with Gasteiger partial charge in [-0.25, -0.2) is 4.79 Å². The van der Waals surface area contributed by atoms with Crippen LogP contribution >= 0.6 is 0 Å². The molecule has 2 N–H and O–H groups in total.